The number of carbonyl (C=O) groups is 1. The summed E-state index contributed by atoms with van der Waals surface area (Å²) in [5, 5.41) is 3.23. The Kier molecular flexibility index (Phi) is 8.26. The van der Waals surface area contributed by atoms with E-state index in [1.54, 1.807) is 18.2 Å². The lowest BCUT2D eigenvalue weighted by molar-refractivity contribution is -0.121. The largest absolute Gasteiger partial charge is 0.495 e. The van der Waals surface area contributed by atoms with Gasteiger partial charge in [-0.15, -0.1) is 0 Å². The summed E-state index contributed by atoms with van der Waals surface area (Å²) in [6, 6.07) is 13.1. The first-order chi connectivity index (χ1) is 15.3. The Morgan fingerprint density at radius 2 is 1.84 bits per heavy atom. The highest BCUT2D eigenvalue weighted by molar-refractivity contribution is 7.92. The van der Waals surface area contributed by atoms with Gasteiger partial charge in [0.05, 0.1) is 24.1 Å². The van der Waals surface area contributed by atoms with E-state index in [0.717, 1.165) is 24.9 Å². The number of halogens is 1. The minimum Gasteiger partial charge on any atom is -0.495 e. The second kappa shape index (κ2) is 10.9. The fourth-order valence-corrected chi connectivity index (χ4v) is 4.98. The summed E-state index contributed by atoms with van der Waals surface area (Å²) in [6.07, 6.45) is 4.22. The van der Waals surface area contributed by atoms with Crippen LogP contribution >= 0.6 is 11.6 Å². The topological polar surface area (TPSA) is 79.0 Å². The SMILES string of the molecule is COc1ccc(N(CCCC(=O)NCc2ccc(N3CCCC3)cc2)S(C)(=O)=O)cc1Cl. The molecule has 1 heterocycles. The van der Waals surface area contributed by atoms with Crippen molar-refractivity contribution in [3.8, 4) is 5.75 Å². The van der Waals surface area contributed by atoms with Gasteiger partial charge >= 0.3 is 0 Å². The lowest BCUT2D eigenvalue weighted by atomic mass is 10.2. The Morgan fingerprint density at radius 1 is 1.16 bits per heavy atom. The number of ether oxygens (including phenoxy) is 1. The van der Waals surface area contributed by atoms with Crippen molar-refractivity contribution in [2.75, 3.05) is 42.2 Å². The molecule has 174 valence electrons. The van der Waals surface area contributed by atoms with E-state index in [0.29, 0.717) is 29.4 Å². The Hall–Kier alpha value is -2.45. The molecule has 0 unspecified atom stereocenters. The van der Waals surface area contributed by atoms with Crippen LogP contribution in [0.2, 0.25) is 5.02 Å². The number of benzene rings is 2. The molecule has 7 nitrogen and oxygen atoms in total. The molecule has 1 amide bonds. The number of hydrogen-bond donors (Lipinski definition) is 1. The Morgan fingerprint density at radius 3 is 2.44 bits per heavy atom. The predicted octanol–water partition coefficient (Wildman–Crippen LogP) is 3.81. The molecule has 0 aliphatic carbocycles. The summed E-state index contributed by atoms with van der Waals surface area (Å²) in [5.41, 5.74) is 2.70. The third-order valence-electron chi connectivity index (χ3n) is 5.49. The van der Waals surface area contributed by atoms with Gasteiger partial charge in [-0.05, 0) is 55.2 Å². The molecule has 1 aliphatic heterocycles. The van der Waals surface area contributed by atoms with Crippen LogP contribution in [0.15, 0.2) is 42.5 Å². The van der Waals surface area contributed by atoms with Gasteiger partial charge in [-0.3, -0.25) is 9.10 Å². The lowest BCUT2D eigenvalue weighted by Gasteiger charge is -2.23. The highest BCUT2D eigenvalue weighted by Crippen LogP contribution is 2.30. The van der Waals surface area contributed by atoms with E-state index in [1.807, 2.05) is 12.1 Å². The Balaban J connectivity index is 1.49. The average molecular weight is 480 g/mol. The van der Waals surface area contributed by atoms with Crippen molar-refractivity contribution >= 4 is 38.9 Å². The molecular formula is C23H30ClN3O4S. The van der Waals surface area contributed by atoms with E-state index in [1.165, 1.54) is 29.9 Å². The van der Waals surface area contributed by atoms with Crippen molar-refractivity contribution in [2.24, 2.45) is 0 Å². The highest BCUT2D eigenvalue weighted by atomic mass is 35.5. The number of methoxy groups -OCH3 is 1. The first-order valence-corrected chi connectivity index (χ1v) is 12.9. The molecule has 1 saturated heterocycles. The van der Waals surface area contributed by atoms with Gasteiger partial charge in [-0.1, -0.05) is 23.7 Å². The lowest BCUT2D eigenvalue weighted by Crippen LogP contribution is -2.32. The standard InChI is InChI=1S/C23H30ClN3O4S/c1-31-22-12-11-20(16-21(22)24)27(32(2,29)30)15-5-6-23(28)25-17-18-7-9-19(10-8-18)26-13-3-4-14-26/h7-12,16H,3-6,13-15,17H2,1-2H3,(H,25,28). The summed E-state index contributed by atoms with van der Waals surface area (Å²) in [7, 11) is -2.02. The average Bonchev–Trinajstić information content (AvgIpc) is 3.30. The number of amides is 1. The fourth-order valence-electron chi connectivity index (χ4n) is 3.77. The van der Waals surface area contributed by atoms with E-state index in [4.69, 9.17) is 16.3 Å². The Labute approximate surface area is 195 Å². The molecule has 0 atom stereocenters. The zero-order valence-corrected chi connectivity index (χ0v) is 20.1. The maximum Gasteiger partial charge on any atom is 0.232 e. The summed E-state index contributed by atoms with van der Waals surface area (Å²) in [5.74, 6) is 0.353. The number of sulfonamides is 1. The molecule has 1 N–H and O–H groups in total. The van der Waals surface area contributed by atoms with Crippen LogP contribution in [0.3, 0.4) is 0 Å². The first kappa shape index (κ1) is 24.2. The number of rotatable bonds is 10. The van der Waals surface area contributed by atoms with Crippen LogP contribution in [-0.2, 0) is 21.4 Å². The van der Waals surface area contributed by atoms with Crippen LogP contribution in [0.25, 0.3) is 0 Å². The molecule has 9 heteroatoms. The summed E-state index contributed by atoms with van der Waals surface area (Å²) >= 11 is 6.14. The molecule has 0 spiro atoms. The van der Waals surface area contributed by atoms with E-state index in [9.17, 15) is 13.2 Å². The molecular weight excluding hydrogens is 450 g/mol. The van der Waals surface area contributed by atoms with Gasteiger partial charge in [0.15, 0.2) is 0 Å². The normalized spacial score (nSPS) is 13.8. The third-order valence-corrected chi connectivity index (χ3v) is 6.98. The van der Waals surface area contributed by atoms with Gasteiger partial charge in [0.1, 0.15) is 5.75 Å². The fraction of sp³-hybridized carbons (Fsp3) is 0.435. The van der Waals surface area contributed by atoms with Crippen LogP contribution in [0.5, 0.6) is 5.75 Å². The Bertz CT molecular complexity index is 1020. The van der Waals surface area contributed by atoms with Crippen molar-refractivity contribution in [2.45, 2.75) is 32.2 Å². The summed E-state index contributed by atoms with van der Waals surface area (Å²) in [6.45, 7) is 2.83. The maximum absolute atomic E-state index is 12.3. The van der Waals surface area contributed by atoms with Crippen molar-refractivity contribution in [1.29, 1.82) is 0 Å². The first-order valence-electron chi connectivity index (χ1n) is 10.7. The van der Waals surface area contributed by atoms with Crippen LogP contribution in [0.1, 0.15) is 31.2 Å². The minimum absolute atomic E-state index is 0.116. The van der Waals surface area contributed by atoms with Crippen LogP contribution < -0.4 is 19.3 Å². The quantitative estimate of drug-likeness (QED) is 0.560. The molecule has 0 bridgehead atoms. The number of carbonyl (C=O) groups excluding carboxylic acids is 1. The molecule has 1 aliphatic rings. The zero-order valence-electron chi connectivity index (χ0n) is 18.5. The number of anilines is 2. The predicted molar refractivity (Wildman–Crippen MR) is 129 cm³/mol. The van der Waals surface area contributed by atoms with E-state index >= 15 is 0 Å². The number of nitrogens with one attached hydrogen (secondary N) is 1. The molecule has 32 heavy (non-hydrogen) atoms. The van der Waals surface area contributed by atoms with Gasteiger partial charge in [0, 0.05) is 38.3 Å². The van der Waals surface area contributed by atoms with Crippen molar-refractivity contribution in [1.82, 2.24) is 5.32 Å². The summed E-state index contributed by atoms with van der Waals surface area (Å²) < 4.78 is 30.9. The minimum atomic E-state index is -3.52. The molecule has 0 radical (unpaired) electrons. The molecule has 3 rings (SSSR count). The molecule has 2 aromatic carbocycles. The van der Waals surface area contributed by atoms with E-state index in [2.05, 4.69) is 22.3 Å². The summed E-state index contributed by atoms with van der Waals surface area (Å²) in [4.78, 5) is 14.6. The van der Waals surface area contributed by atoms with Crippen molar-refractivity contribution in [3.63, 3.8) is 0 Å². The van der Waals surface area contributed by atoms with Crippen LogP contribution in [-0.4, -0.2) is 47.3 Å². The molecule has 0 aromatic heterocycles. The van der Waals surface area contributed by atoms with Gasteiger partial charge in [0.25, 0.3) is 0 Å². The second-order valence-electron chi connectivity index (χ2n) is 7.89. The van der Waals surface area contributed by atoms with E-state index in [-0.39, 0.29) is 18.9 Å². The van der Waals surface area contributed by atoms with Gasteiger partial charge in [-0.25, -0.2) is 8.42 Å². The van der Waals surface area contributed by atoms with E-state index < -0.39 is 10.0 Å². The van der Waals surface area contributed by atoms with Gasteiger partial charge in [-0.2, -0.15) is 0 Å². The third kappa shape index (κ3) is 6.53. The smallest absolute Gasteiger partial charge is 0.232 e. The van der Waals surface area contributed by atoms with Gasteiger partial charge < -0.3 is 15.0 Å². The van der Waals surface area contributed by atoms with Crippen LogP contribution in [0, 0.1) is 0 Å². The van der Waals surface area contributed by atoms with Gasteiger partial charge in [0.2, 0.25) is 15.9 Å². The second-order valence-corrected chi connectivity index (χ2v) is 10.2. The molecule has 2 aromatic rings. The van der Waals surface area contributed by atoms with Crippen LogP contribution in [0.4, 0.5) is 11.4 Å². The number of nitrogens with zero attached hydrogens (tertiary/aromatic N) is 2. The molecule has 0 saturated carbocycles. The monoisotopic (exact) mass is 479 g/mol. The maximum atomic E-state index is 12.3. The highest BCUT2D eigenvalue weighted by Gasteiger charge is 2.19. The van der Waals surface area contributed by atoms with Crippen molar-refractivity contribution in [3.05, 3.63) is 53.1 Å². The van der Waals surface area contributed by atoms with Crippen molar-refractivity contribution < 1.29 is 17.9 Å². The molecule has 1 fully saturated rings. The number of hydrogen-bond acceptors (Lipinski definition) is 5. The zero-order chi connectivity index (χ0) is 23.1.